The topological polar surface area (TPSA) is 12.9 Å². The monoisotopic (exact) mass is 257 g/mol. The van der Waals surface area contributed by atoms with Crippen LogP contribution in [0.5, 0.6) is 0 Å². The molecule has 0 unspecified atom stereocenters. The van der Waals surface area contributed by atoms with Crippen molar-refractivity contribution in [2.45, 2.75) is 0 Å². The van der Waals surface area contributed by atoms with Gasteiger partial charge in [-0.05, 0) is 28.7 Å². The molecule has 1 aromatic rings. The number of pyridine rings is 1. The Balaban J connectivity index is 3.17. The first-order valence-corrected chi connectivity index (χ1v) is 3.62. The molecule has 0 aromatic carbocycles. The average molecular weight is 257 g/mol. The first kappa shape index (κ1) is 7.21. The van der Waals surface area contributed by atoms with Gasteiger partial charge in [0.1, 0.15) is 9.52 Å². The van der Waals surface area contributed by atoms with Gasteiger partial charge in [-0.25, -0.2) is 9.37 Å². The predicted octanol–water partition coefficient (Wildman–Crippen LogP) is 2.48. The van der Waals surface area contributed by atoms with Gasteiger partial charge in [0.05, 0.1) is 11.2 Å². The van der Waals surface area contributed by atoms with Gasteiger partial charge in [0, 0.05) is 0 Å². The summed E-state index contributed by atoms with van der Waals surface area (Å²) in [4.78, 5) is 3.66. The number of aromatic nitrogens is 1. The fourth-order valence-electron chi connectivity index (χ4n) is 0.398. The van der Waals surface area contributed by atoms with Crippen LogP contribution in [0.25, 0.3) is 0 Å². The highest BCUT2D eigenvalue weighted by Gasteiger charge is 1.97. The zero-order valence-corrected chi connectivity index (χ0v) is 7.15. The van der Waals surface area contributed by atoms with Crippen LogP contribution in [0.1, 0.15) is 0 Å². The largest absolute Gasteiger partial charge is 0.246 e. The molecule has 0 amide bonds. The van der Waals surface area contributed by atoms with E-state index in [1.807, 2.05) is 22.6 Å². The Labute approximate surface area is 70.4 Å². The van der Waals surface area contributed by atoms with Crippen LogP contribution in [-0.2, 0) is 0 Å². The normalized spacial score (nSPS) is 9.67. The van der Waals surface area contributed by atoms with Crippen molar-refractivity contribution in [3.05, 3.63) is 26.8 Å². The van der Waals surface area contributed by atoms with Gasteiger partial charge in [-0.15, -0.1) is 0 Å². The van der Waals surface area contributed by atoms with Gasteiger partial charge in [-0.3, -0.25) is 0 Å². The second kappa shape index (κ2) is 2.79. The van der Waals surface area contributed by atoms with E-state index < -0.39 is 5.82 Å². The Morgan fingerprint density at radius 1 is 1.67 bits per heavy atom. The molecule has 1 heterocycles. The molecule has 0 bridgehead atoms. The highest BCUT2D eigenvalue weighted by molar-refractivity contribution is 14.1. The van der Waals surface area contributed by atoms with E-state index in [1.165, 1.54) is 6.07 Å². The smallest absolute Gasteiger partial charge is 0.143 e. The lowest BCUT2D eigenvalue weighted by Gasteiger charge is -1.91. The maximum Gasteiger partial charge on any atom is 0.143 e. The van der Waals surface area contributed by atoms with Gasteiger partial charge in [0.25, 0.3) is 0 Å². The molecule has 0 fully saturated rings. The van der Waals surface area contributed by atoms with Gasteiger partial charge in [-0.2, -0.15) is 0 Å². The Morgan fingerprint density at radius 3 is 2.78 bits per heavy atom. The van der Waals surface area contributed by atoms with Crippen molar-refractivity contribution in [1.82, 2.24) is 4.98 Å². The lowest BCUT2D eigenvalue weighted by Crippen LogP contribution is -1.82. The number of halogens is 3. The first-order chi connectivity index (χ1) is 4.20. The molecule has 0 spiro atoms. The fraction of sp³-hybridized carbons (Fsp3) is 0. The van der Waals surface area contributed by atoms with Crippen LogP contribution in [0.2, 0.25) is 5.02 Å². The number of hydrogen-bond acceptors (Lipinski definition) is 1. The van der Waals surface area contributed by atoms with Crippen LogP contribution in [0.3, 0.4) is 0 Å². The molecule has 1 rings (SSSR count). The third-order valence-electron chi connectivity index (χ3n) is 0.763. The molecule has 0 aliphatic carbocycles. The molecule has 0 aliphatic rings. The van der Waals surface area contributed by atoms with Crippen LogP contribution in [0.4, 0.5) is 4.39 Å². The summed E-state index contributed by atoms with van der Waals surface area (Å²) in [5.74, 6) is -0.402. The van der Waals surface area contributed by atoms with Crippen LogP contribution in [0.15, 0.2) is 12.3 Å². The SMILES string of the molecule is Fc1cnc(I)c(Cl)c1. The molecule has 4 heteroatoms. The molecule has 0 aliphatic heterocycles. The van der Waals surface area contributed by atoms with Gasteiger partial charge in [0.2, 0.25) is 0 Å². The maximum atomic E-state index is 12.2. The van der Waals surface area contributed by atoms with Crippen molar-refractivity contribution < 1.29 is 4.39 Å². The summed E-state index contributed by atoms with van der Waals surface area (Å²) in [7, 11) is 0. The third-order valence-corrected chi connectivity index (χ3v) is 2.23. The van der Waals surface area contributed by atoms with Crippen LogP contribution in [-0.4, -0.2) is 4.98 Å². The van der Waals surface area contributed by atoms with E-state index in [1.54, 1.807) is 0 Å². The Bertz CT molecular complexity index is 228. The average Bonchev–Trinajstić information content (AvgIpc) is 1.80. The lowest BCUT2D eigenvalue weighted by atomic mass is 10.5. The summed E-state index contributed by atoms with van der Waals surface area (Å²) in [5.41, 5.74) is 0. The summed E-state index contributed by atoms with van der Waals surface area (Å²) in [6.45, 7) is 0. The molecule has 0 atom stereocenters. The van der Waals surface area contributed by atoms with Crippen molar-refractivity contribution in [2.75, 3.05) is 0 Å². The molecule has 0 radical (unpaired) electrons. The maximum absolute atomic E-state index is 12.2. The van der Waals surface area contributed by atoms with Gasteiger partial charge in [0.15, 0.2) is 0 Å². The van der Waals surface area contributed by atoms with Crippen LogP contribution in [0, 0.1) is 9.52 Å². The van der Waals surface area contributed by atoms with Crippen molar-refractivity contribution in [3.8, 4) is 0 Å². The predicted molar refractivity (Wildman–Crippen MR) is 41.9 cm³/mol. The van der Waals surface area contributed by atoms with E-state index >= 15 is 0 Å². The van der Waals surface area contributed by atoms with Gasteiger partial charge >= 0.3 is 0 Å². The first-order valence-electron chi connectivity index (χ1n) is 2.16. The molecule has 0 saturated carbocycles. The van der Waals surface area contributed by atoms with E-state index in [0.717, 1.165) is 6.20 Å². The zero-order valence-electron chi connectivity index (χ0n) is 4.24. The van der Waals surface area contributed by atoms with Crippen LogP contribution >= 0.6 is 34.2 Å². The van der Waals surface area contributed by atoms with E-state index in [2.05, 4.69) is 4.98 Å². The Kier molecular flexibility index (Phi) is 2.23. The molecule has 48 valence electrons. The molecule has 0 N–H and O–H groups in total. The minimum absolute atomic E-state index is 0.357. The van der Waals surface area contributed by atoms with Crippen molar-refractivity contribution in [3.63, 3.8) is 0 Å². The van der Waals surface area contributed by atoms with Gasteiger partial charge < -0.3 is 0 Å². The minimum atomic E-state index is -0.402. The molecule has 0 saturated heterocycles. The zero-order chi connectivity index (χ0) is 6.85. The third kappa shape index (κ3) is 1.76. The Hall–Kier alpha value is 0.1000. The Morgan fingerprint density at radius 2 is 2.33 bits per heavy atom. The van der Waals surface area contributed by atoms with Crippen molar-refractivity contribution in [1.29, 1.82) is 0 Å². The van der Waals surface area contributed by atoms with Gasteiger partial charge in [-0.1, -0.05) is 11.6 Å². The quantitative estimate of drug-likeness (QED) is 0.514. The number of rotatable bonds is 0. The minimum Gasteiger partial charge on any atom is -0.246 e. The standard InChI is InChI=1S/C5H2ClFIN/c6-4-1-3(7)2-9-5(4)8/h1-2H. The summed E-state index contributed by atoms with van der Waals surface area (Å²) in [6, 6.07) is 1.23. The fourth-order valence-corrected chi connectivity index (χ4v) is 0.846. The molecule has 1 aromatic heterocycles. The summed E-state index contributed by atoms with van der Waals surface area (Å²) in [6.07, 6.45) is 1.13. The second-order valence-electron chi connectivity index (χ2n) is 1.43. The van der Waals surface area contributed by atoms with Crippen molar-refractivity contribution >= 4 is 34.2 Å². The second-order valence-corrected chi connectivity index (χ2v) is 2.86. The van der Waals surface area contributed by atoms with Crippen LogP contribution < -0.4 is 0 Å². The van der Waals surface area contributed by atoms with E-state index in [9.17, 15) is 4.39 Å². The number of hydrogen-bond donors (Lipinski definition) is 0. The molecule has 9 heavy (non-hydrogen) atoms. The van der Waals surface area contributed by atoms with E-state index in [0.29, 0.717) is 8.72 Å². The van der Waals surface area contributed by atoms with Crippen molar-refractivity contribution in [2.24, 2.45) is 0 Å². The number of nitrogens with zero attached hydrogens (tertiary/aromatic N) is 1. The summed E-state index contributed by atoms with van der Waals surface area (Å²) in [5, 5.41) is 0.357. The lowest BCUT2D eigenvalue weighted by molar-refractivity contribution is 0.620. The van der Waals surface area contributed by atoms with E-state index in [-0.39, 0.29) is 0 Å². The molecule has 1 nitrogen and oxygen atoms in total. The summed E-state index contributed by atoms with van der Waals surface area (Å²) < 4.78 is 12.8. The summed E-state index contributed by atoms with van der Waals surface area (Å²) >= 11 is 7.44. The van der Waals surface area contributed by atoms with E-state index in [4.69, 9.17) is 11.6 Å². The molecular formula is C5H2ClFIN. The molecular weight excluding hydrogens is 255 g/mol. The highest BCUT2D eigenvalue weighted by atomic mass is 127. The highest BCUT2D eigenvalue weighted by Crippen LogP contribution is 2.15.